The Labute approximate surface area is 179 Å². The van der Waals surface area contributed by atoms with Crippen LogP contribution >= 0.6 is 48.3 Å². The molecule has 1 aromatic rings. The van der Waals surface area contributed by atoms with Crippen molar-refractivity contribution in [1.82, 2.24) is 18.7 Å². The van der Waals surface area contributed by atoms with Crippen molar-refractivity contribution >= 4 is 60.7 Å². The van der Waals surface area contributed by atoms with E-state index in [2.05, 4.69) is 87.2 Å². The first-order valence-electron chi connectivity index (χ1n) is 7.46. The van der Waals surface area contributed by atoms with E-state index in [0.29, 0.717) is 0 Å². The van der Waals surface area contributed by atoms with Crippen molar-refractivity contribution in [2.75, 3.05) is 56.4 Å². The number of hydrogen-bond donors (Lipinski definition) is 0. The van der Waals surface area contributed by atoms with Crippen LogP contribution in [0.25, 0.3) is 0 Å². The van der Waals surface area contributed by atoms with Gasteiger partial charge in [0.15, 0.2) is 16.7 Å². The number of hydrogen-bond acceptors (Lipinski definition) is 7. The standard InChI is InChI=1S/C14H28N6P2S.2ClH.Fe/c1-17(2)21(18(3)4)15-11-13-9-10-14(23-13)12-16-22(19(5)6)20(7)8;;;/h9-12H,1-8H3;2*1H;/q;;;+2/p-2/b15-11+,16-12+;;;. The van der Waals surface area contributed by atoms with Crippen molar-refractivity contribution in [1.29, 1.82) is 0 Å². The molecule has 0 N–H and O–H groups in total. The van der Waals surface area contributed by atoms with E-state index in [0.717, 1.165) is 9.75 Å². The summed E-state index contributed by atoms with van der Waals surface area (Å²) in [7, 11) is 24.7. The van der Waals surface area contributed by atoms with E-state index in [-0.39, 0.29) is 13.1 Å². The summed E-state index contributed by atoms with van der Waals surface area (Å²) >= 11 is 1.91. The molecule has 0 spiro atoms. The van der Waals surface area contributed by atoms with E-state index >= 15 is 0 Å². The summed E-state index contributed by atoms with van der Waals surface area (Å²) in [5.74, 6) is 0. The first-order valence-corrected chi connectivity index (χ1v) is 13.7. The van der Waals surface area contributed by atoms with Crippen LogP contribution in [0.1, 0.15) is 9.75 Å². The zero-order valence-electron chi connectivity index (χ0n) is 16.4. The molecule has 0 saturated heterocycles. The van der Waals surface area contributed by atoms with Crippen LogP contribution in [-0.2, 0) is 13.1 Å². The Morgan fingerprint density at radius 3 is 1.27 bits per heavy atom. The fraction of sp³-hybridized carbons (Fsp3) is 0.571. The molecule has 0 atom stereocenters. The van der Waals surface area contributed by atoms with Gasteiger partial charge in [0, 0.05) is 22.2 Å². The van der Waals surface area contributed by atoms with Crippen LogP contribution in [0.3, 0.4) is 0 Å². The van der Waals surface area contributed by atoms with Gasteiger partial charge < -0.3 is 0 Å². The molecule has 1 aromatic heterocycles. The summed E-state index contributed by atoms with van der Waals surface area (Å²) in [6.07, 6.45) is 3.93. The molecule has 0 radical (unpaired) electrons. The minimum absolute atomic E-state index is 0.194. The van der Waals surface area contributed by atoms with Crippen LogP contribution in [-0.4, -0.2) is 87.5 Å². The van der Waals surface area contributed by atoms with Gasteiger partial charge in [0.25, 0.3) is 0 Å². The zero-order valence-corrected chi connectivity index (χ0v) is 21.6. The van der Waals surface area contributed by atoms with E-state index in [1.807, 2.05) is 12.4 Å². The van der Waals surface area contributed by atoms with Crippen LogP contribution in [0.15, 0.2) is 21.7 Å². The summed E-state index contributed by atoms with van der Waals surface area (Å²) in [6.45, 7) is 0. The van der Waals surface area contributed by atoms with Gasteiger partial charge in [-0.05, 0) is 68.5 Å². The summed E-state index contributed by atoms with van der Waals surface area (Å²) < 4.78 is 18.0. The molecule has 0 amide bonds. The number of thiophene rings is 1. The van der Waals surface area contributed by atoms with E-state index < -0.39 is 16.7 Å². The Bertz CT molecular complexity index is 497. The van der Waals surface area contributed by atoms with Crippen molar-refractivity contribution in [3.8, 4) is 0 Å². The normalized spacial score (nSPS) is 12.8. The SMILES string of the molecule is CN(C)P(/N=C/c1ccc(/C=N/P(N(C)C)N(C)C)s1)N(C)C.[Cl][Fe][Cl]. The molecule has 0 aliphatic rings. The van der Waals surface area contributed by atoms with Gasteiger partial charge in [-0.15, -0.1) is 11.3 Å². The van der Waals surface area contributed by atoms with E-state index in [1.54, 1.807) is 11.3 Å². The first kappa shape index (κ1) is 26.8. The fourth-order valence-electron chi connectivity index (χ4n) is 1.85. The Hall–Kier alpha value is 0.839. The molecule has 12 heteroatoms. The van der Waals surface area contributed by atoms with E-state index in [9.17, 15) is 0 Å². The third kappa shape index (κ3) is 11.0. The molecule has 0 fully saturated rings. The van der Waals surface area contributed by atoms with Crippen molar-refractivity contribution in [3.63, 3.8) is 0 Å². The number of halogens is 2. The summed E-state index contributed by atoms with van der Waals surface area (Å²) in [5, 5.41) is 0. The summed E-state index contributed by atoms with van der Waals surface area (Å²) in [4.78, 5) is 2.31. The van der Waals surface area contributed by atoms with Gasteiger partial charge in [0.2, 0.25) is 0 Å². The molecule has 152 valence electrons. The quantitative estimate of drug-likeness (QED) is 0.295. The second-order valence-corrected chi connectivity index (χ2v) is 13.4. The summed E-state index contributed by atoms with van der Waals surface area (Å²) in [5.41, 5.74) is 0. The Morgan fingerprint density at radius 2 is 1.04 bits per heavy atom. The van der Waals surface area contributed by atoms with Gasteiger partial charge in [-0.1, -0.05) is 0 Å². The average molecular weight is 501 g/mol. The predicted octanol–water partition coefficient (Wildman–Crippen LogP) is 4.66. The monoisotopic (exact) mass is 500 g/mol. The van der Waals surface area contributed by atoms with Crippen LogP contribution in [0, 0.1) is 0 Å². The van der Waals surface area contributed by atoms with Gasteiger partial charge in [-0.2, -0.15) is 0 Å². The summed E-state index contributed by atoms with van der Waals surface area (Å²) in [6, 6.07) is 4.20. The Balaban J connectivity index is 0.00000194. The molecule has 0 saturated carbocycles. The molecule has 26 heavy (non-hydrogen) atoms. The molecule has 0 aliphatic heterocycles. The van der Waals surface area contributed by atoms with Gasteiger partial charge in [-0.25, -0.2) is 9.53 Å². The molecule has 0 unspecified atom stereocenters. The molecule has 1 heterocycles. The van der Waals surface area contributed by atoms with Crippen LogP contribution in [0.2, 0.25) is 0 Å². The van der Waals surface area contributed by atoms with Gasteiger partial charge in [-0.3, -0.25) is 18.7 Å². The van der Waals surface area contributed by atoms with Crippen LogP contribution in [0.5, 0.6) is 0 Å². The minimum atomic E-state index is -0.630. The predicted molar refractivity (Wildman–Crippen MR) is 120 cm³/mol. The van der Waals surface area contributed by atoms with Crippen molar-refractivity contribution in [3.05, 3.63) is 21.9 Å². The second kappa shape index (κ2) is 14.8. The van der Waals surface area contributed by atoms with Crippen LogP contribution < -0.4 is 0 Å². The Morgan fingerprint density at radius 1 is 0.769 bits per heavy atom. The molecule has 0 bridgehead atoms. The third-order valence-electron chi connectivity index (χ3n) is 2.66. The van der Waals surface area contributed by atoms with E-state index in [1.165, 1.54) is 0 Å². The second-order valence-electron chi connectivity index (χ2n) is 5.71. The van der Waals surface area contributed by atoms with Crippen LogP contribution in [0.4, 0.5) is 0 Å². The molecule has 0 aliphatic carbocycles. The van der Waals surface area contributed by atoms with Crippen molar-refractivity contribution < 1.29 is 13.1 Å². The molecule has 6 nitrogen and oxygen atoms in total. The molecule has 0 aromatic carbocycles. The number of nitrogens with zero attached hydrogens (tertiary/aromatic N) is 6. The van der Waals surface area contributed by atoms with Crippen molar-refractivity contribution in [2.45, 2.75) is 0 Å². The fourth-order valence-corrected chi connectivity index (χ4v) is 5.48. The number of rotatable bonds is 8. The van der Waals surface area contributed by atoms with Gasteiger partial charge >= 0.3 is 33.3 Å². The first-order chi connectivity index (χ1) is 12.1. The molecular weight excluding hydrogens is 473 g/mol. The zero-order chi connectivity index (χ0) is 20.3. The van der Waals surface area contributed by atoms with Crippen molar-refractivity contribution in [2.24, 2.45) is 9.53 Å². The topological polar surface area (TPSA) is 37.7 Å². The van der Waals surface area contributed by atoms with Gasteiger partial charge in [0.1, 0.15) is 0 Å². The molecular formula is C14H28Cl2FeN6P2S. The third-order valence-corrected chi connectivity index (χ3v) is 7.12. The molecule has 1 rings (SSSR count). The maximum absolute atomic E-state index is 4.76. The Kier molecular flexibility index (Phi) is 15.3. The average Bonchev–Trinajstić information content (AvgIpc) is 2.94. The van der Waals surface area contributed by atoms with Gasteiger partial charge in [0.05, 0.1) is 0 Å². The maximum atomic E-state index is 4.76. The van der Waals surface area contributed by atoms with E-state index in [4.69, 9.17) is 29.7 Å².